The van der Waals surface area contributed by atoms with Gasteiger partial charge in [0.2, 0.25) is 21.8 Å². The van der Waals surface area contributed by atoms with Crippen molar-refractivity contribution >= 4 is 33.2 Å². The molecule has 0 spiro atoms. The Bertz CT molecular complexity index is 1170. The number of aryl methyl sites for hydroxylation is 1. The molecule has 2 aromatic carbocycles. The Balaban J connectivity index is 1.48. The van der Waals surface area contributed by atoms with Gasteiger partial charge in [0.05, 0.1) is 11.4 Å². The molecule has 1 aliphatic carbocycles. The number of carbonyl (C=O) groups excluding carboxylic acids is 2. The van der Waals surface area contributed by atoms with Gasteiger partial charge in [-0.15, -0.1) is 0 Å². The topological polar surface area (TPSA) is 86.8 Å². The van der Waals surface area contributed by atoms with Crippen LogP contribution in [0.1, 0.15) is 44.2 Å². The van der Waals surface area contributed by atoms with Gasteiger partial charge in [-0.25, -0.2) is 8.42 Å². The third-order valence-corrected chi connectivity index (χ3v) is 8.50. The molecule has 1 fully saturated rings. The van der Waals surface area contributed by atoms with Gasteiger partial charge in [0.1, 0.15) is 0 Å². The summed E-state index contributed by atoms with van der Waals surface area (Å²) >= 11 is 0. The van der Waals surface area contributed by atoms with Crippen molar-refractivity contribution in [1.82, 2.24) is 4.31 Å². The lowest BCUT2D eigenvalue weighted by molar-refractivity contribution is -0.125. The summed E-state index contributed by atoms with van der Waals surface area (Å²) in [6, 6.07) is 12.4. The Morgan fingerprint density at radius 1 is 1.15 bits per heavy atom. The maximum Gasteiger partial charge on any atom is 0.243 e. The van der Waals surface area contributed by atoms with Gasteiger partial charge in [-0.3, -0.25) is 9.59 Å². The molecule has 1 saturated carbocycles. The van der Waals surface area contributed by atoms with E-state index in [1.807, 2.05) is 43.0 Å². The zero-order chi connectivity index (χ0) is 23.8. The third-order valence-electron chi connectivity index (χ3n) is 6.71. The molecule has 2 aliphatic rings. The molecular weight excluding hydrogens is 438 g/mol. The fourth-order valence-electron chi connectivity index (χ4n) is 4.56. The van der Waals surface area contributed by atoms with Gasteiger partial charge in [-0.05, 0) is 68.0 Å². The Morgan fingerprint density at radius 3 is 2.55 bits per heavy atom. The first-order valence-corrected chi connectivity index (χ1v) is 13.0. The molecule has 1 aliphatic heterocycles. The number of hydrogen-bond donors (Lipinski definition) is 1. The summed E-state index contributed by atoms with van der Waals surface area (Å²) in [5.74, 6) is -0.164. The molecule has 7 nitrogen and oxygen atoms in total. The lowest BCUT2D eigenvalue weighted by atomic mass is 9.84. The van der Waals surface area contributed by atoms with Crippen molar-refractivity contribution in [1.29, 1.82) is 0 Å². The number of nitrogens with zero attached hydrogens (tertiary/aromatic N) is 2. The number of hydrogen-bond acceptors (Lipinski definition) is 4. The van der Waals surface area contributed by atoms with Crippen molar-refractivity contribution in [2.75, 3.05) is 23.8 Å². The summed E-state index contributed by atoms with van der Waals surface area (Å²) in [6.07, 6.45) is 4.33. The van der Waals surface area contributed by atoms with Crippen LogP contribution in [0.15, 0.2) is 47.4 Å². The molecule has 176 valence electrons. The second-order valence-electron chi connectivity index (χ2n) is 9.00. The zero-order valence-electron chi connectivity index (χ0n) is 19.4. The predicted molar refractivity (Wildman–Crippen MR) is 129 cm³/mol. The maximum absolute atomic E-state index is 13.2. The molecule has 2 amide bonds. The molecule has 33 heavy (non-hydrogen) atoms. The number of amides is 2. The quantitative estimate of drug-likeness (QED) is 0.671. The number of sulfonamides is 1. The molecule has 0 radical (unpaired) electrons. The van der Waals surface area contributed by atoms with E-state index in [9.17, 15) is 18.0 Å². The molecule has 1 heterocycles. The first kappa shape index (κ1) is 23.4. The molecule has 2 aromatic rings. The number of fused-ring (bicyclic) bond motifs is 1. The average molecular weight is 470 g/mol. The van der Waals surface area contributed by atoms with E-state index in [4.69, 9.17) is 0 Å². The summed E-state index contributed by atoms with van der Waals surface area (Å²) in [6.45, 7) is 3.70. The molecule has 1 N–H and O–H groups in total. The van der Waals surface area contributed by atoms with E-state index in [-0.39, 0.29) is 29.3 Å². The van der Waals surface area contributed by atoms with Crippen molar-refractivity contribution in [2.24, 2.45) is 5.92 Å². The van der Waals surface area contributed by atoms with E-state index in [0.29, 0.717) is 12.1 Å². The van der Waals surface area contributed by atoms with E-state index in [1.165, 1.54) is 13.1 Å². The fourth-order valence-corrected chi connectivity index (χ4v) is 5.74. The monoisotopic (exact) mass is 469 g/mol. The van der Waals surface area contributed by atoms with Crippen LogP contribution in [0.2, 0.25) is 0 Å². The molecular formula is C25H31N3O4S. The summed E-state index contributed by atoms with van der Waals surface area (Å²) < 4.78 is 27.4. The van der Waals surface area contributed by atoms with Gasteiger partial charge >= 0.3 is 0 Å². The minimum Gasteiger partial charge on any atom is -0.325 e. The summed E-state index contributed by atoms with van der Waals surface area (Å²) in [4.78, 5) is 27.4. The molecule has 1 unspecified atom stereocenters. The minimum absolute atomic E-state index is 0.00759. The van der Waals surface area contributed by atoms with Crippen LogP contribution >= 0.6 is 0 Å². The van der Waals surface area contributed by atoms with Crippen LogP contribution < -0.4 is 10.2 Å². The molecule has 0 saturated heterocycles. The van der Waals surface area contributed by atoms with Crippen molar-refractivity contribution in [3.8, 4) is 0 Å². The number of nitrogens with one attached hydrogen (secondary N) is 1. The molecule has 0 aromatic heterocycles. The van der Waals surface area contributed by atoms with Gasteiger partial charge in [-0.2, -0.15) is 4.31 Å². The van der Waals surface area contributed by atoms with Crippen molar-refractivity contribution in [3.05, 3.63) is 53.6 Å². The Labute approximate surface area is 195 Å². The summed E-state index contributed by atoms with van der Waals surface area (Å²) in [7, 11) is -2.45. The van der Waals surface area contributed by atoms with Gasteiger partial charge in [0.25, 0.3) is 0 Å². The van der Waals surface area contributed by atoms with Gasteiger partial charge in [0, 0.05) is 30.4 Å². The van der Waals surface area contributed by atoms with Crippen molar-refractivity contribution < 1.29 is 18.0 Å². The van der Waals surface area contributed by atoms with Gasteiger partial charge < -0.3 is 10.2 Å². The predicted octanol–water partition coefficient (Wildman–Crippen LogP) is 3.59. The molecule has 4 rings (SSSR count). The maximum atomic E-state index is 13.2. The number of rotatable bonds is 7. The van der Waals surface area contributed by atoms with E-state index in [1.54, 1.807) is 12.1 Å². The van der Waals surface area contributed by atoms with E-state index in [2.05, 4.69) is 5.32 Å². The first-order valence-electron chi connectivity index (χ1n) is 11.5. The third kappa shape index (κ3) is 4.54. The summed E-state index contributed by atoms with van der Waals surface area (Å²) in [5.41, 5.74) is 3.34. The molecule has 0 bridgehead atoms. The van der Waals surface area contributed by atoms with E-state index in [0.717, 1.165) is 46.8 Å². The standard InChI is InChI=1S/C25H31N3O4S/c1-4-18-8-5-6-11-22(18)26-24(29)16-27(3)33(31,32)21-12-13-23-20(15-21)14-17(2)28(23)25(30)19-9-7-10-19/h5-6,8,11-13,15,17,19H,4,7,9-10,14,16H2,1-3H3,(H,26,29). The van der Waals surface area contributed by atoms with Crippen LogP contribution in [0, 0.1) is 5.92 Å². The Morgan fingerprint density at radius 2 is 1.88 bits per heavy atom. The number of para-hydroxylation sites is 1. The smallest absolute Gasteiger partial charge is 0.243 e. The number of carbonyl (C=O) groups is 2. The Hall–Kier alpha value is -2.71. The van der Waals surface area contributed by atoms with Crippen LogP contribution in [0.4, 0.5) is 11.4 Å². The SMILES string of the molecule is CCc1ccccc1NC(=O)CN(C)S(=O)(=O)c1ccc2c(c1)CC(C)N2C(=O)C1CCC1. The average Bonchev–Trinajstić information content (AvgIpc) is 3.07. The summed E-state index contributed by atoms with van der Waals surface area (Å²) in [5, 5.41) is 2.81. The van der Waals surface area contributed by atoms with Crippen LogP contribution in [-0.2, 0) is 32.5 Å². The largest absolute Gasteiger partial charge is 0.325 e. The number of likely N-dealkylation sites (N-methyl/N-ethyl adjacent to an activating group) is 1. The highest BCUT2D eigenvalue weighted by atomic mass is 32.2. The van der Waals surface area contributed by atoms with Crippen LogP contribution in [0.3, 0.4) is 0 Å². The van der Waals surface area contributed by atoms with E-state index >= 15 is 0 Å². The highest BCUT2D eigenvalue weighted by Crippen LogP contribution is 2.38. The van der Waals surface area contributed by atoms with Crippen LogP contribution in [0.25, 0.3) is 0 Å². The second-order valence-corrected chi connectivity index (χ2v) is 11.0. The highest BCUT2D eigenvalue weighted by molar-refractivity contribution is 7.89. The minimum atomic E-state index is -3.86. The van der Waals surface area contributed by atoms with E-state index < -0.39 is 15.9 Å². The lowest BCUT2D eigenvalue weighted by Crippen LogP contribution is -2.42. The van der Waals surface area contributed by atoms with Gasteiger partial charge in [0.15, 0.2) is 0 Å². The normalized spacial score (nSPS) is 18.2. The van der Waals surface area contributed by atoms with Crippen LogP contribution in [0.5, 0.6) is 0 Å². The zero-order valence-corrected chi connectivity index (χ0v) is 20.2. The number of anilines is 2. The molecule has 1 atom stereocenters. The second kappa shape index (κ2) is 9.27. The highest BCUT2D eigenvalue weighted by Gasteiger charge is 2.37. The van der Waals surface area contributed by atoms with Crippen molar-refractivity contribution in [2.45, 2.75) is 56.9 Å². The Kier molecular flexibility index (Phi) is 6.59. The van der Waals surface area contributed by atoms with Gasteiger partial charge in [-0.1, -0.05) is 31.5 Å². The number of benzene rings is 2. The molecule has 8 heteroatoms. The lowest BCUT2D eigenvalue weighted by Gasteiger charge is -2.32. The van der Waals surface area contributed by atoms with Crippen molar-refractivity contribution in [3.63, 3.8) is 0 Å². The first-order chi connectivity index (χ1) is 15.7. The van der Waals surface area contributed by atoms with Crippen LogP contribution in [-0.4, -0.2) is 44.2 Å². The fraction of sp³-hybridized carbons (Fsp3) is 0.440.